The molecule has 0 saturated heterocycles. The quantitative estimate of drug-likeness (QED) is 0.0746. The number of benzene rings is 5. The Labute approximate surface area is 347 Å². The van der Waals surface area contributed by atoms with Crippen molar-refractivity contribution in [2.75, 3.05) is 13.2 Å². The van der Waals surface area contributed by atoms with Crippen LogP contribution in [0.2, 0.25) is 0 Å². The first-order chi connectivity index (χ1) is 28.2. The Morgan fingerprint density at radius 1 is 0.672 bits per heavy atom. The van der Waals surface area contributed by atoms with Gasteiger partial charge in [0.25, 0.3) is 0 Å². The molecule has 5 aromatic carbocycles. The number of oxime groups is 2. The highest BCUT2D eigenvalue weighted by atomic mass is 79.9. The molecule has 7 aromatic rings. The molecule has 0 fully saturated rings. The third-order valence-electron chi connectivity index (χ3n) is 9.97. The van der Waals surface area contributed by atoms with Crippen molar-refractivity contribution in [2.45, 2.75) is 13.5 Å². The van der Waals surface area contributed by atoms with E-state index in [0.29, 0.717) is 67.5 Å². The predicted octanol–water partition coefficient (Wildman–Crippen LogP) is 9.75. The topological polar surface area (TPSA) is 166 Å². The van der Waals surface area contributed by atoms with Crippen LogP contribution in [0.25, 0.3) is 21.8 Å². The van der Waals surface area contributed by atoms with Gasteiger partial charge in [-0.1, -0.05) is 121 Å². The van der Waals surface area contributed by atoms with Crippen LogP contribution in [0.15, 0.2) is 145 Å². The summed E-state index contributed by atoms with van der Waals surface area (Å²) in [4.78, 5) is 41.9. The molecule has 1 unspecified atom stereocenters. The molecule has 0 spiro atoms. The number of esters is 1. The molecule has 9 rings (SSSR count). The highest BCUT2D eigenvalue weighted by Crippen LogP contribution is 2.38. The molecule has 2 aliphatic rings. The van der Waals surface area contributed by atoms with Crippen LogP contribution >= 0.6 is 31.9 Å². The summed E-state index contributed by atoms with van der Waals surface area (Å²) in [6, 6.07) is 35.5. The van der Waals surface area contributed by atoms with E-state index in [-0.39, 0.29) is 31.6 Å². The zero-order valence-electron chi connectivity index (χ0n) is 30.7. The summed E-state index contributed by atoms with van der Waals surface area (Å²) in [5.41, 5.74) is 5.98. The van der Waals surface area contributed by atoms with Gasteiger partial charge < -0.3 is 34.6 Å². The summed E-state index contributed by atoms with van der Waals surface area (Å²) in [7, 11) is 0. The third kappa shape index (κ3) is 6.83. The van der Waals surface area contributed by atoms with Crippen molar-refractivity contribution in [3.63, 3.8) is 0 Å². The minimum Gasteiger partial charge on any atom is -0.494 e. The summed E-state index contributed by atoms with van der Waals surface area (Å²) in [6.45, 7) is 1.14. The van der Waals surface area contributed by atoms with Crippen LogP contribution in [-0.4, -0.2) is 62.2 Å². The zero-order valence-corrected chi connectivity index (χ0v) is 33.8. The monoisotopic (exact) mass is 898 g/mol. The number of ether oxygens (including phenoxy) is 1. The van der Waals surface area contributed by atoms with Crippen LogP contribution in [0.5, 0.6) is 11.8 Å². The van der Waals surface area contributed by atoms with Crippen molar-refractivity contribution in [1.29, 1.82) is 0 Å². The van der Waals surface area contributed by atoms with E-state index in [0.717, 1.165) is 25.3 Å². The fraction of sp³-hybridized carbons (Fsp3) is 0.114. The van der Waals surface area contributed by atoms with Crippen molar-refractivity contribution < 1.29 is 29.4 Å². The summed E-state index contributed by atoms with van der Waals surface area (Å²) in [5.74, 6) is -0.739. The van der Waals surface area contributed by atoms with Gasteiger partial charge in [-0.3, -0.25) is 4.79 Å². The maximum Gasteiger partial charge on any atom is 0.319 e. The van der Waals surface area contributed by atoms with Gasteiger partial charge in [0.2, 0.25) is 0 Å². The zero-order chi connectivity index (χ0) is 40.0. The number of carbonyl (C=O) groups excluding carboxylic acids is 1. The lowest BCUT2D eigenvalue weighted by atomic mass is 9.93. The maximum absolute atomic E-state index is 14.0. The van der Waals surface area contributed by atoms with Gasteiger partial charge in [-0.05, 0) is 48.9 Å². The molecular formula is C44H32Br2N6O6. The number of halogens is 2. The Kier molecular flexibility index (Phi) is 9.66. The van der Waals surface area contributed by atoms with E-state index in [1.54, 1.807) is 6.92 Å². The highest BCUT2D eigenvalue weighted by molar-refractivity contribution is 9.10. The predicted molar refractivity (Wildman–Crippen MR) is 230 cm³/mol. The van der Waals surface area contributed by atoms with Crippen LogP contribution in [0.1, 0.15) is 34.7 Å². The third-order valence-corrected chi connectivity index (χ3v) is 11.0. The molecule has 2 aromatic heterocycles. The van der Waals surface area contributed by atoms with Crippen LogP contribution in [0, 0.1) is 5.41 Å². The van der Waals surface area contributed by atoms with Gasteiger partial charge in [0.05, 0.1) is 33.5 Å². The van der Waals surface area contributed by atoms with Gasteiger partial charge in [0.1, 0.15) is 48.1 Å². The van der Waals surface area contributed by atoms with Gasteiger partial charge in [-0.2, -0.15) is 0 Å². The highest BCUT2D eigenvalue weighted by Gasteiger charge is 2.39. The van der Waals surface area contributed by atoms with Crippen molar-refractivity contribution in [1.82, 2.24) is 9.97 Å². The smallest absolute Gasteiger partial charge is 0.319 e. The molecule has 288 valence electrons. The number of aromatic amines is 2. The lowest BCUT2D eigenvalue weighted by Crippen LogP contribution is -2.38. The largest absolute Gasteiger partial charge is 0.494 e. The number of rotatable bonds is 11. The number of carbonyl (C=O) groups is 1. The normalized spacial score (nSPS) is 15.6. The molecule has 14 heteroatoms. The first-order valence-electron chi connectivity index (χ1n) is 18.2. The average molecular weight is 901 g/mol. The second-order valence-electron chi connectivity index (χ2n) is 14.1. The van der Waals surface area contributed by atoms with E-state index >= 15 is 0 Å². The van der Waals surface area contributed by atoms with E-state index in [2.05, 4.69) is 52.1 Å². The Balaban J connectivity index is 1.03. The SMILES string of the molecule is CC(CO/N=C1\C(c2c(O)[nH]c3cc(Br)ccc23)=Nc2ccccc21)(CO/N=C1/C(c2c(O)[nH]c3cc(Br)ccc23)=Nc2ccccc21)C(=O)OCc1ccccc1. The first-order valence-corrected chi connectivity index (χ1v) is 19.7. The van der Waals surface area contributed by atoms with Gasteiger partial charge in [0, 0.05) is 30.8 Å². The molecule has 0 aliphatic carbocycles. The second kappa shape index (κ2) is 15.1. The lowest BCUT2D eigenvalue weighted by Gasteiger charge is -2.24. The van der Waals surface area contributed by atoms with E-state index < -0.39 is 11.4 Å². The number of H-pyrrole nitrogens is 2. The van der Waals surface area contributed by atoms with E-state index in [1.165, 1.54) is 0 Å². The maximum atomic E-state index is 14.0. The molecule has 12 nitrogen and oxygen atoms in total. The van der Waals surface area contributed by atoms with Crippen LogP contribution in [0.3, 0.4) is 0 Å². The Morgan fingerprint density at radius 2 is 1.14 bits per heavy atom. The second-order valence-corrected chi connectivity index (χ2v) is 15.9. The minimum atomic E-state index is -1.43. The molecule has 58 heavy (non-hydrogen) atoms. The number of nitrogens with one attached hydrogen (secondary N) is 2. The lowest BCUT2D eigenvalue weighted by molar-refractivity contribution is -0.165. The van der Waals surface area contributed by atoms with Crippen LogP contribution in [0.4, 0.5) is 11.4 Å². The number of para-hydroxylation sites is 2. The fourth-order valence-electron chi connectivity index (χ4n) is 7.00. The van der Waals surface area contributed by atoms with Crippen molar-refractivity contribution in [3.05, 3.63) is 152 Å². The van der Waals surface area contributed by atoms with E-state index in [1.807, 2.05) is 115 Å². The minimum absolute atomic E-state index is 0.0264. The van der Waals surface area contributed by atoms with Crippen molar-refractivity contribution in [2.24, 2.45) is 25.7 Å². The average Bonchev–Trinajstić information content (AvgIpc) is 3.95. The molecule has 4 N–H and O–H groups in total. The molecule has 4 heterocycles. The Morgan fingerprint density at radius 3 is 1.64 bits per heavy atom. The number of hydrogen-bond donors (Lipinski definition) is 4. The molecule has 0 saturated carbocycles. The van der Waals surface area contributed by atoms with Gasteiger partial charge in [-0.15, -0.1) is 0 Å². The molecule has 0 radical (unpaired) electrons. The number of nitrogens with zero attached hydrogens (tertiary/aromatic N) is 4. The number of aromatic nitrogens is 2. The summed E-state index contributed by atoms with van der Waals surface area (Å²) >= 11 is 6.99. The van der Waals surface area contributed by atoms with Crippen molar-refractivity contribution >= 4 is 93.9 Å². The summed E-state index contributed by atoms with van der Waals surface area (Å²) in [5, 5.41) is 32.8. The standard InChI is InChI=1S/C44H32Br2N6O6/c1-44(43(55)56-21-24-9-3-2-4-10-24,22-57-51-37-29-11-5-7-13-31(29)47-39(37)35-27-17-15-25(45)19-33(27)49-41(35)53)23-58-52-38-30-12-6-8-14-32(30)48-40(38)36-28-18-16-26(46)20-34(28)50-42(36)54/h2-20,49-50,53-54H,21-23H2,1H3/b51-37-,52-38+. The first kappa shape index (κ1) is 37.1. The Bertz CT molecular complexity index is 2730. The molecule has 0 amide bonds. The number of aliphatic imine (C=N–C) groups is 2. The van der Waals surface area contributed by atoms with Gasteiger partial charge in [-0.25, -0.2) is 9.98 Å². The number of fused-ring (bicyclic) bond motifs is 4. The van der Waals surface area contributed by atoms with Crippen LogP contribution in [-0.2, 0) is 25.8 Å². The summed E-state index contributed by atoms with van der Waals surface area (Å²) < 4.78 is 7.52. The molecule has 1 atom stereocenters. The fourth-order valence-corrected chi connectivity index (χ4v) is 7.73. The van der Waals surface area contributed by atoms with Crippen molar-refractivity contribution in [3.8, 4) is 11.8 Å². The number of hydrogen-bond acceptors (Lipinski definition) is 10. The Hall–Kier alpha value is -6.51. The molecule has 0 bridgehead atoms. The van der Waals surface area contributed by atoms with Gasteiger partial charge in [0.15, 0.2) is 11.8 Å². The number of aromatic hydroxyl groups is 2. The van der Waals surface area contributed by atoms with Crippen LogP contribution < -0.4 is 0 Å². The van der Waals surface area contributed by atoms with E-state index in [4.69, 9.17) is 24.4 Å². The summed E-state index contributed by atoms with van der Waals surface area (Å²) in [6.07, 6.45) is 0. The van der Waals surface area contributed by atoms with Gasteiger partial charge >= 0.3 is 5.97 Å². The molecular weight excluding hydrogens is 868 g/mol. The molecule has 2 aliphatic heterocycles. The van der Waals surface area contributed by atoms with E-state index in [9.17, 15) is 15.0 Å².